The van der Waals surface area contributed by atoms with E-state index in [9.17, 15) is 4.79 Å². The molecule has 0 unspecified atom stereocenters. The fourth-order valence-electron chi connectivity index (χ4n) is 1.29. The lowest BCUT2D eigenvalue weighted by atomic mass is 10.3. The summed E-state index contributed by atoms with van der Waals surface area (Å²) in [5, 5.41) is 9.97. The summed E-state index contributed by atoms with van der Waals surface area (Å²) in [7, 11) is 0. The molecule has 0 bridgehead atoms. The second-order valence-corrected chi connectivity index (χ2v) is 4.82. The molecule has 2 aromatic rings. The maximum atomic E-state index is 11.3. The van der Waals surface area contributed by atoms with Crippen molar-refractivity contribution in [3.8, 4) is 6.07 Å². The van der Waals surface area contributed by atoms with Gasteiger partial charge in [-0.2, -0.15) is 5.26 Å². The highest BCUT2D eigenvalue weighted by Crippen LogP contribution is 2.24. The van der Waals surface area contributed by atoms with Crippen LogP contribution in [0.25, 0.3) is 0 Å². The predicted octanol–water partition coefficient (Wildman–Crippen LogP) is 2.15. The Hall–Kier alpha value is -1.84. The number of hydrogen-bond acceptors (Lipinski definition) is 5. The SMILES string of the molecule is Cc1cc(=O)[nH]c(Sc2cc(C#N)cc(Cl)n2)n1. The van der Waals surface area contributed by atoms with Gasteiger partial charge in [0.15, 0.2) is 5.16 Å². The zero-order chi connectivity index (χ0) is 13.1. The highest BCUT2D eigenvalue weighted by molar-refractivity contribution is 7.99. The van der Waals surface area contributed by atoms with Gasteiger partial charge in [-0.15, -0.1) is 0 Å². The Kier molecular flexibility index (Phi) is 3.65. The Morgan fingerprint density at radius 2 is 2.17 bits per heavy atom. The fourth-order valence-corrected chi connectivity index (χ4v) is 2.42. The van der Waals surface area contributed by atoms with Gasteiger partial charge >= 0.3 is 0 Å². The van der Waals surface area contributed by atoms with Crippen LogP contribution in [0.4, 0.5) is 0 Å². The average Bonchev–Trinajstić information content (AvgIpc) is 2.26. The molecular weight excluding hydrogens is 272 g/mol. The zero-order valence-corrected chi connectivity index (χ0v) is 10.8. The Balaban J connectivity index is 2.37. The number of aromatic nitrogens is 3. The van der Waals surface area contributed by atoms with Crippen LogP contribution in [0.1, 0.15) is 11.3 Å². The molecule has 2 aromatic heterocycles. The van der Waals surface area contributed by atoms with Crippen molar-refractivity contribution in [3.05, 3.63) is 45.0 Å². The van der Waals surface area contributed by atoms with Crippen molar-refractivity contribution in [1.82, 2.24) is 15.0 Å². The first-order valence-corrected chi connectivity index (χ1v) is 6.10. The number of aromatic amines is 1. The monoisotopic (exact) mass is 278 g/mol. The largest absolute Gasteiger partial charge is 0.301 e. The topological polar surface area (TPSA) is 82.4 Å². The molecule has 0 amide bonds. The molecule has 0 saturated carbocycles. The highest BCUT2D eigenvalue weighted by Gasteiger charge is 2.06. The van der Waals surface area contributed by atoms with E-state index in [-0.39, 0.29) is 10.7 Å². The van der Waals surface area contributed by atoms with Crippen LogP contribution in [0.15, 0.2) is 33.2 Å². The van der Waals surface area contributed by atoms with E-state index in [1.54, 1.807) is 13.0 Å². The van der Waals surface area contributed by atoms with Crippen molar-refractivity contribution >= 4 is 23.4 Å². The van der Waals surface area contributed by atoms with Crippen molar-refractivity contribution in [2.45, 2.75) is 17.1 Å². The maximum Gasteiger partial charge on any atom is 0.251 e. The molecule has 0 aliphatic heterocycles. The smallest absolute Gasteiger partial charge is 0.251 e. The van der Waals surface area contributed by atoms with E-state index in [1.807, 2.05) is 6.07 Å². The molecule has 0 atom stereocenters. The van der Waals surface area contributed by atoms with Crippen molar-refractivity contribution in [2.75, 3.05) is 0 Å². The third-order valence-electron chi connectivity index (χ3n) is 1.95. The molecule has 0 aliphatic carbocycles. The second kappa shape index (κ2) is 5.21. The van der Waals surface area contributed by atoms with Crippen molar-refractivity contribution < 1.29 is 0 Å². The molecule has 7 heteroatoms. The molecule has 0 spiro atoms. The summed E-state index contributed by atoms with van der Waals surface area (Å²) in [6.45, 7) is 1.73. The van der Waals surface area contributed by atoms with E-state index in [0.29, 0.717) is 21.4 Å². The first-order valence-electron chi connectivity index (χ1n) is 4.90. The number of rotatable bonds is 2. The number of nitrogens with zero attached hydrogens (tertiary/aromatic N) is 3. The minimum atomic E-state index is -0.229. The predicted molar refractivity (Wildman–Crippen MR) is 67.7 cm³/mol. The van der Waals surface area contributed by atoms with Crippen LogP contribution >= 0.6 is 23.4 Å². The molecule has 2 rings (SSSR count). The van der Waals surface area contributed by atoms with E-state index in [1.165, 1.54) is 12.1 Å². The highest BCUT2D eigenvalue weighted by atomic mass is 35.5. The molecule has 0 saturated heterocycles. The normalized spacial score (nSPS) is 10.1. The molecule has 1 N–H and O–H groups in total. The van der Waals surface area contributed by atoms with Gasteiger partial charge in [0.05, 0.1) is 11.6 Å². The number of pyridine rings is 1. The van der Waals surface area contributed by atoms with Crippen LogP contribution in [0, 0.1) is 18.3 Å². The number of H-pyrrole nitrogens is 1. The maximum absolute atomic E-state index is 11.3. The lowest BCUT2D eigenvalue weighted by molar-refractivity contribution is 0.902. The summed E-state index contributed by atoms with van der Waals surface area (Å²) >= 11 is 6.94. The summed E-state index contributed by atoms with van der Waals surface area (Å²) in [5.74, 6) is 0. The molecule has 0 aromatic carbocycles. The fraction of sp³-hybridized carbons (Fsp3) is 0.0909. The summed E-state index contributed by atoms with van der Waals surface area (Å²) in [6.07, 6.45) is 0. The first-order chi connectivity index (χ1) is 8.56. The van der Waals surface area contributed by atoms with Crippen molar-refractivity contribution in [3.63, 3.8) is 0 Å². The number of halogens is 1. The Labute approximate surface area is 112 Å². The lowest BCUT2D eigenvalue weighted by Crippen LogP contribution is -2.08. The van der Waals surface area contributed by atoms with Crippen LogP contribution in [-0.2, 0) is 0 Å². The quantitative estimate of drug-likeness (QED) is 0.672. The van der Waals surface area contributed by atoms with E-state index >= 15 is 0 Å². The summed E-state index contributed by atoms with van der Waals surface area (Å²) < 4.78 is 0. The minimum absolute atomic E-state index is 0.228. The van der Waals surface area contributed by atoms with Gasteiger partial charge in [-0.1, -0.05) is 11.6 Å². The molecule has 5 nitrogen and oxygen atoms in total. The minimum Gasteiger partial charge on any atom is -0.301 e. The van der Waals surface area contributed by atoms with Gasteiger partial charge in [0.1, 0.15) is 10.2 Å². The Morgan fingerprint density at radius 1 is 1.39 bits per heavy atom. The number of nitriles is 1. The van der Waals surface area contributed by atoms with Gasteiger partial charge in [-0.05, 0) is 30.8 Å². The molecule has 90 valence electrons. The molecule has 18 heavy (non-hydrogen) atoms. The molecule has 0 radical (unpaired) electrons. The molecular formula is C11H7ClN4OS. The van der Waals surface area contributed by atoms with Gasteiger partial charge in [-0.3, -0.25) is 4.79 Å². The Morgan fingerprint density at radius 3 is 2.83 bits per heavy atom. The number of nitrogens with one attached hydrogen (secondary N) is 1. The zero-order valence-electron chi connectivity index (χ0n) is 9.27. The van der Waals surface area contributed by atoms with Gasteiger partial charge in [-0.25, -0.2) is 9.97 Å². The van der Waals surface area contributed by atoms with Gasteiger partial charge in [0, 0.05) is 11.8 Å². The van der Waals surface area contributed by atoms with Gasteiger partial charge in [0.2, 0.25) is 0 Å². The lowest BCUT2D eigenvalue weighted by Gasteiger charge is -2.02. The summed E-state index contributed by atoms with van der Waals surface area (Å²) in [4.78, 5) is 22.1. The van der Waals surface area contributed by atoms with E-state index in [2.05, 4.69) is 15.0 Å². The average molecular weight is 279 g/mol. The third-order valence-corrected chi connectivity index (χ3v) is 2.95. The van der Waals surface area contributed by atoms with Crippen molar-refractivity contribution in [1.29, 1.82) is 5.26 Å². The van der Waals surface area contributed by atoms with Crippen LogP contribution in [-0.4, -0.2) is 15.0 Å². The first kappa shape index (κ1) is 12.6. The number of hydrogen-bond donors (Lipinski definition) is 1. The van der Waals surface area contributed by atoms with Gasteiger partial charge in [0.25, 0.3) is 5.56 Å². The summed E-state index contributed by atoms with van der Waals surface area (Å²) in [5.41, 5.74) is 0.795. The number of aryl methyl sites for hydroxylation is 1. The molecule has 0 fully saturated rings. The summed E-state index contributed by atoms with van der Waals surface area (Å²) in [6, 6.07) is 6.44. The van der Waals surface area contributed by atoms with Crippen LogP contribution in [0.3, 0.4) is 0 Å². The van der Waals surface area contributed by atoms with Crippen molar-refractivity contribution in [2.24, 2.45) is 0 Å². The van der Waals surface area contributed by atoms with E-state index < -0.39 is 0 Å². The van der Waals surface area contributed by atoms with Gasteiger partial charge < -0.3 is 4.98 Å². The molecule has 2 heterocycles. The second-order valence-electron chi connectivity index (χ2n) is 3.42. The van der Waals surface area contributed by atoms with E-state index in [4.69, 9.17) is 16.9 Å². The standard InChI is InChI=1S/C11H7ClN4OS/c1-6-2-9(17)16-11(14-6)18-10-4-7(5-13)3-8(12)15-10/h2-4H,1H3,(H,14,16,17). The van der Waals surface area contributed by atoms with E-state index in [0.717, 1.165) is 11.8 Å². The van der Waals surface area contributed by atoms with Crippen LogP contribution in [0.2, 0.25) is 5.15 Å². The Bertz CT molecular complexity index is 692. The van der Waals surface area contributed by atoms with Crippen LogP contribution in [0.5, 0.6) is 0 Å². The van der Waals surface area contributed by atoms with Crippen LogP contribution < -0.4 is 5.56 Å². The third kappa shape index (κ3) is 3.09. The molecule has 0 aliphatic rings.